The molecule has 1 aromatic carbocycles. The number of halogens is 3. The SMILES string of the molecule is NNC(=O)c1cnc2c(C(F)(F)F)cccc2c1N. The number of pyridine rings is 1. The first-order chi connectivity index (χ1) is 8.86. The van der Waals surface area contributed by atoms with Crippen LogP contribution in [0.2, 0.25) is 0 Å². The number of rotatable bonds is 1. The number of hydrazine groups is 1. The third-order valence-corrected chi connectivity index (χ3v) is 2.62. The topological polar surface area (TPSA) is 94.0 Å². The van der Waals surface area contributed by atoms with E-state index < -0.39 is 17.6 Å². The van der Waals surface area contributed by atoms with Crippen molar-refractivity contribution in [3.05, 3.63) is 35.5 Å². The average Bonchev–Trinajstić information content (AvgIpc) is 2.37. The lowest BCUT2D eigenvalue weighted by molar-refractivity contribution is -0.136. The molecule has 0 aliphatic carbocycles. The number of hydrogen-bond acceptors (Lipinski definition) is 4. The number of alkyl halides is 3. The molecule has 0 unspecified atom stereocenters. The Morgan fingerprint density at radius 3 is 2.58 bits per heavy atom. The van der Waals surface area contributed by atoms with Crippen LogP contribution in [0.25, 0.3) is 10.9 Å². The summed E-state index contributed by atoms with van der Waals surface area (Å²) >= 11 is 0. The van der Waals surface area contributed by atoms with E-state index in [9.17, 15) is 18.0 Å². The van der Waals surface area contributed by atoms with Gasteiger partial charge in [0.15, 0.2) is 0 Å². The summed E-state index contributed by atoms with van der Waals surface area (Å²) in [5.74, 6) is 4.24. The molecular formula is C11H9F3N4O. The molecule has 0 aliphatic heterocycles. The molecule has 0 aliphatic rings. The molecule has 0 atom stereocenters. The molecule has 1 aromatic heterocycles. The van der Waals surface area contributed by atoms with E-state index in [0.29, 0.717) is 0 Å². The number of nitrogens with zero attached hydrogens (tertiary/aromatic N) is 1. The Bertz CT molecular complexity index is 654. The quantitative estimate of drug-likeness (QED) is 0.415. The van der Waals surface area contributed by atoms with Gasteiger partial charge in [-0.1, -0.05) is 12.1 Å². The number of carbonyl (C=O) groups is 1. The van der Waals surface area contributed by atoms with Gasteiger partial charge < -0.3 is 5.73 Å². The van der Waals surface area contributed by atoms with Crippen LogP contribution in [0.15, 0.2) is 24.4 Å². The van der Waals surface area contributed by atoms with Gasteiger partial charge >= 0.3 is 6.18 Å². The highest BCUT2D eigenvalue weighted by atomic mass is 19.4. The predicted molar refractivity (Wildman–Crippen MR) is 62.8 cm³/mol. The summed E-state index contributed by atoms with van der Waals surface area (Å²) in [6.07, 6.45) is -3.58. The normalized spacial score (nSPS) is 11.6. The van der Waals surface area contributed by atoms with Gasteiger partial charge in [-0.2, -0.15) is 13.2 Å². The van der Waals surface area contributed by atoms with Crippen molar-refractivity contribution in [3.8, 4) is 0 Å². The van der Waals surface area contributed by atoms with Crippen LogP contribution in [-0.4, -0.2) is 10.9 Å². The van der Waals surface area contributed by atoms with E-state index in [1.807, 2.05) is 5.43 Å². The number of nitrogens with one attached hydrogen (secondary N) is 1. The van der Waals surface area contributed by atoms with Crippen LogP contribution in [0.1, 0.15) is 15.9 Å². The van der Waals surface area contributed by atoms with Gasteiger partial charge in [0.25, 0.3) is 5.91 Å². The lowest BCUT2D eigenvalue weighted by Gasteiger charge is -2.12. The van der Waals surface area contributed by atoms with Gasteiger partial charge in [0, 0.05) is 11.6 Å². The summed E-state index contributed by atoms with van der Waals surface area (Å²) in [5.41, 5.74) is 6.15. The van der Waals surface area contributed by atoms with E-state index in [0.717, 1.165) is 12.3 Å². The van der Waals surface area contributed by atoms with Crippen LogP contribution < -0.4 is 17.0 Å². The molecule has 0 fully saturated rings. The zero-order chi connectivity index (χ0) is 14.2. The van der Waals surface area contributed by atoms with Gasteiger partial charge in [-0.3, -0.25) is 15.2 Å². The minimum absolute atomic E-state index is 0.0518. The van der Waals surface area contributed by atoms with Gasteiger partial charge in [-0.15, -0.1) is 0 Å². The van der Waals surface area contributed by atoms with Crippen molar-refractivity contribution in [2.75, 3.05) is 5.73 Å². The maximum atomic E-state index is 12.8. The summed E-state index contributed by atoms with van der Waals surface area (Å²) in [7, 11) is 0. The fraction of sp³-hybridized carbons (Fsp3) is 0.0909. The number of nitrogen functional groups attached to an aromatic ring is 2. The number of amides is 1. The Morgan fingerprint density at radius 1 is 1.32 bits per heavy atom. The number of hydrogen-bond donors (Lipinski definition) is 3. The number of fused-ring (bicyclic) bond motifs is 1. The van der Waals surface area contributed by atoms with Crippen LogP contribution in [0, 0.1) is 0 Å². The third-order valence-electron chi connectivity index (χ3n) is 2.62. The molecule has 5 N–H and O–H groups in total. The van der Waals surface area contributed by atoms with E-state index in [-0.39, 0.29) is 22.2 Å². The molecule has 0 bridgehead atoms. The number of nitrogens with two attached hydrogens (primary N) is 2. The van der Waals surface area contributed by atoms with Crippen molar-refractivity contribution >= 4 is 22.5 Å². The maximum absolute atomic E-state index is 12.8. The standard InChI is InChI=1S/C11H9F3N4O/c12-11(13,14)7-3-1-2-5-8(15)6(10(19)18-16)4-17-9(5)7/h1-4H,16H2,(H2,15,17)(H,18,19). The molecule has 5 nitrogen and oxygen atoms in total. The van der Waals surface area contributed by atoms with Gasteiger partial charge in [0.05, 0.1) is 22.3 Å². The summed E-state index contributed by atoms with van der Waals surface area (Å²) in [4.78, 5) is 15.0. The summed E-state index contributed by atoms with van der Waals surface area (Å²) in [6, 6.07) is 3.46. The average molecular weight is 270 g/mol. The molecule has 2 aromatic rings. The van der Waals surface area contributed by atoms with E-state index in [1.54, 1.807) is 0 Å². The minimum atomic E-state index is -4.55. The van der Waals surface area contributed by atoms with Gasteiger partial charge in [0.2, 0.25) is 0 Å². The van der Waals surface area contributed by atoms with Gasteiger partial charge in [0.1, 0.15) is 0 Å². The molecule has 0 spiro atoms. The van der Waals surface area contributed by atoms with Crippen LogP contribution in [0.5, 0.6) is 0 Å². The van der Waals surface area contributed by atoms with Crippen LogP contribution >= 0.6 is 0 Å². The van der Waals surface area contributed by atoms with Gasteiger partial charge in [-0.25, -0.2) is 5.84 Å². The van der Waals surface area contributed by atoms with Crippen LogP contribution in [-0.2, 0) is 6.18 Å². The van der Waals surface area contributed by atoms with Crippen molar-refractivity contribution in [3.63, 3.8) is 0 Å². The second-order valence-corrected chi connectivity index (χ2v) is 3.76. The number of carbonyl (C=O) groups excluding carboxylic acids is 1. The molecule has 19 heavy (non-hydrogen) atoms. The van der Waals surface area contributed by atoms with Crippen molar-refractivity contribution in [2.24, 2.45) is 5.84 Å². The number of benzene rings is 1. The molecule has 0 radical (unpaired) electrons. The highest BCUT2D eigenvalue weighted by Gasteiger charge is 2.33. The Morgan fingerprint density at radius 2 is 2.00 bits per heavy atom. The van der Waals surface area contributed by atoms with Crippen molar-refractivity contribution < 1.29 is 18.0 Å². The fourth-order valence-corrected chi connectivity index (χ4v) is 1.73. The molecule has 2 rings (SSSR count). The Balaban J connectivity index is 2.76. The summed E-state index contributed by atoms with van der Waals surface area (Å²) in [5, 5.41) is 0.0518. The summed E-state index contributed by atoms with van der Waals surface area (Å²) < 4.78 is 38.4. The van der Waals surface area contributed by atoms with Gasteiger partial charge in [-0.05, 0) is 6.07 Å². The Labute approximate surface area is 105 Å². The van der Waals surface area contributed by atoms with E-state index in [1.165, 1.54) is 12.1 Å². The predicted octanol–water partition coefficient (Wildman–Crippen LogP) is 1.44. The highest BCUT2D eigenvalue weighted by Crippen LogP contribution is 2.35. The third kappa shape index (κ3) is 2.17. The number of anilines is 1. The molecule has 100 valence electrons. The molecule has 1 amide bonds. The van der Waals surface area contributed by atoms with Crippen LogP contribution in [0.4, 0.5) is 18.9 Å². The molecule has 1 heterocycles. The molecular weight excluding hydrogens is 261 g/mol. The fourth-order valence-electron chi connectivity index (χ4n) is 1.73. The zero-order valence-electron chi connectivity index (χ0n) is 9.45. The van der Waals surface area contributed by atoms with E-state index in [2.05, 4.69) is 4.98 Å². The monoisotopic (exact) mass is 270 g/mol. The van der Waals surface area contributed by atoms with E-state index >= 15 is 0 Å². The molecule has 0 saturated heterocycles. The van der Waals surface area contributed by atoms with Crippen molar-refractivity contribution in [1.29, 1.82) is 0 Å². The molecule has 8 heteroatoms. The smallest absolute Gasteiger partial charge is 0.397 e. The first-order valence-electron chi connectivity index (χ1n) is 5.11. The second-order valence-electron chi connectivity index (χ2n) is 3.76. The Kier molecular flexibility index (Phi) is 3.03. The number of aromatic nitrogens is 1. The molecule has 0 saturated carbocycles. The zero-order valence-corrected chi connectivity index (χ0v) is 9.45. The van der Waals surface area contributed by atoms with Crippen molar-refractivity contribution in [2.45, 2.75) is 6.18 Å². The largest absolute Gasteiger partial charge is 0.418 e. The van der Waals surface area contributed by atoms with E-state index in [4.69, 9.17) is 11.6 Å². The van der Waals surface area contributed by atoms with Crippen LogP contribution in [0.3, 0.4) is 0 Å². The maximum Gasteiger partial charge on any atom is 0.418 e. The first-order valence-corrected chi connectivity index (χ1v) is 5.11. The lowest BCUT2D eigenvalue weighted by Crippen LogP contribution is -2.30. The first kappa shape index (κ1) is 13.1. The minimum Gasteiger partial charge on any atom is -0.397 e. The lowest BCUT2D eigenvalue weighted by atomic mass is 10.1. The summed E-state index contributed by atoms with van der Waals surface area (Å²) in [6.45, 7) is 0. The van der Waals surface area contributed by atoms with Crippen molar-refractivity contribution in [1.82, 2.24) is 10.4 Å². The highest BCUT2D eigenvalue weighted by molar-refractivity contribution is 6.06. The second kappa shape index (κ2) is 4.39. The number of para-hydroxylation sites is 1. The Hall–Kier alpha value is -2.35.